The lowest BCUT2D eigenvalue weighted by Crippen LogP contribution is -1.97. The van der Waals surface area contributed by atoms with E-state index in [0.29, 0.717) is 6.42 Å². The highest BCUT2D eigenvalue weighted by molar-refractivity contribution is 6.20. The van der Waals surface area contributed by atoms with Gasteiger partial charge in [-0.15, -0.1) is 11.6 Å². The zero-order valence-electron chi connectivity index (χ0n) is 7.52. The van der Waals surface area contributed by atoms with Gasteiger partial charge in [0.2, 0.25) is 0 Å². The predicted octanol–water partition coefficient (Wildman–Crippen LogP) is 2.33. The molecule has 2 heterocycles. The quantitative estimate of drug-likeness (QED) is 0.785. The molecular weight excluding hydrogens is 198 g/mol. The van der Waals surface area contributed by atoms with E-state index in [4.69, 9.17) is 11.6 Å². The van der Waals surface area contributed by atoms with Crippen molar-refractivity contribution in [2.45, 2.75) is 11.8 Å². The number of imidazole rings is 1. The molecule has 0 aliphatic rings. The van der Waals surface area contributed by atoms with Gasteiger partial charge in [-0.2, -0.15) is 0 Å². The highest BCUT2D eigenvalue weighted by Gasteiger charge is 2.09. The summed E-state index contributed by atoms with van der Waals surface area (Å²) in [6, 6.07) is 3.85. The number of pyridine rings is 1. The number of rotatable bonds is 3. The molecule has 1 N–H and O–H groups in total. The number of H-pyrrole nitrogens is 1. The SMILES string of the molecule is ClC(Cc1ncc[nH]1)c1cccnc1. The second-order valence-electron chi connectivity index (χ2n) is 2.99. The predicted molar refractivity (Wildman–Crippen MR) is 55.1 cm³/mol. The Morgan fingerprint density at radius 1 is 1.43 bits per heavy atom. The summed E-state index contributed by atoms with van der Waals surface area (Å²) in [4.78, 5) is 11.2. The van der Waals surface area contributed by atoms with Crippen LogP contribution in [0.15, 0.2) is 36.9 Å². The number of nitrogens with zero attached hydrogens (tertiary/aromatic N) is 2. The molecule has 0 bridgehead atoms. The number of halogens is 1. The molecule has 0 aromatic carbocycles. The van der Waals surface area contributed by atoms with Crippen LogP contribution in [0.4, 0.5) is 0 Å². The average Bonchev–Trinajstić information content (AvgIpc) is 2.72. The molecule has 0 saturated carbocycles. The van der Waals surface area contributed by atoms with E-state index < -0.39 is 0 Å². The molecule has 3 nitrogen and oxygen atoms in total. The van der Waals surface area contributed by atoms with E-state index in [0.717, 1.165) is 11.4 Å². The van der Waals surface area contributed by atoms with Crippen molar-refractivity contribution < 1.29 is 0 Å². The number of hydrogen-bond donors (Lipinski definition) is 1. The largest absolute Gasteiger partial charge is 0.349 e. The van der Waals surface area contributed by atoms with Crippen LogP contribution in [0.3, 0.4) is 0 Å². The molecule has 14 heavy (non-hydrogen) atoms. The fourth-order valence-electron chi connectivity index (χ4n) is 1.26. The average molecular weight is 208 g/mol. The zero-order valence-corrected chi connectivity index (χ0v) is 8.28. The van der Waals surface area contributed by atoms with Gasteiger partial charge in [-0.25, -0.2) is 4.98 Å². The molecule has 1 atom stereocenters. The number of aromatic amines is 1. The summed E-state index contributed by atoms with van der Waals surface area (Å²) < 4.78 is 0. The third kappa shape index (κ3) is 2.12. The molecular formula is C10H10ClN3. The zero-order chi connectivity index (χ0) is 9.80. The van der Waals surface area contributed by atoms with E-state index in [-0.39, 0.29) is 5.38 Å². The van der Waals surface area contributed by atoms with Crippen LogP contribution in [-0.2, 0) is 6.42 Å². The summed E-state index contributed by atoms with van der Waals surface area (Å²) in [5.74, 6) is 0.897. The normalized spacial score (nSPS) is 12.6. The minimum absolute atomic E-state index is 0.0742. The van der Waals surface area contributed by atoms with Crippen LogP contribution in [-0.4, -0.2) is 15.0 Å². The third-order valence-electron chi connectivity index (χ3n) is 1.97. The first-order valence-corrected chi connectivity index (χ1v) is 4.82. The second kappa shape index (κ2) is 4.24. The molecule has 0 spiro atoms. The van der Waals surface area contributed by atoms with E-state index in [2.05, 4.69) is 15.0 Å². The first kappa shape index (κ1) is 9.21. The first-order chi connectivity index (χ1) is 6.86. The molecule has 0 fully saturated rings. The van der Waals surface area contributed by atoms with Gasteiger partial charge in [0.25, 0.3) is 0 Å². The Morgan fingerprint density at radius 3 is 3.00 bits per heavy atom. The maximum Gasteiger partial charge on any atom is 0.107 e. The molecule has 0 amide bonds. The Labute approximate surface area is 87.2 Å². The summed E-state index contributed by atoms with van der Waals surface area (Å²) in [5, 5.41) is -0.0742. The Bertz CT molecular complexity index is 372. The minimum atomic E-state index is -0.0742. The third-order valence-corrected chi connectivity index (χ3v) is 2.38. The van der Waals surface area contributed by atoms with Crippen molar-refractivity contribution in [1.82, 2.24) is 15.0 Å². The summed E-state index contributed by atoms with van der Waals surface area (Å²) in [5.41, 5.74) is 1.02. The summed E-state index contributed by atoms with van der Waals surface area (Å²) in [6.45, 7) is 0. The maximum absolute atomic E-state index is 6.20. The monoisotopic (exact) mass is 207 g/mol. The summed E-state index contributed by atoms with van der Waals surface area (Å²) in [7, 11) is 0. The van der Waals surface area contributed by atoms with Crippen LogP contribution in [0.5, 0.6) is 0 Å². The molecule has 0 aliphatic carbocycles. The van der Waals surface area contributed by atoms with Crippen LogP contribution in [0, 0.1) is 0 Å². The summed E-state index contributed by atoms with van der Waals surface area (Å²) in [6.07, 6.45) is 7.73. The molecule has 0 aliphatic heterocycles. The van der Waals surface area contributed by atoms with Gasteiger partial charge in [-0.05, 0) is 11.6 Å². The van der Waals surface area contributed by atoms with Crippen molar-refractivity contribution in [1.29, 1.82) is 0 Å². The van der Waals surface area contributed by atoms with Gasteiger partial charge >= 0.3 is 0 Å². The van der Waals surface area contributed by atoms with E-state index in [9.17, 15) is 0 Å². The van der Waals surface area contributed by atoms with Crippen LogP contribution >= 0.6 is 11.6 Å². The van der Waals surface area contributed by atoms with Crippen LogP contribution in [0.1, 0.15) is 16.8 Å². The topological polar surface area (TPSA) is 41.6 Å². The number of hydrogen-bond acceptors (Lipinski definition) is 2. The number of nitrogens with one attached hydrogen (secondary N) is 1. The molecule has 4 heteroatoms. The molecule has 2 aromatic rings. The highest BCUT2D eigenvalue weighted by atomic mass is 35.5. The lowest BCUT2D eigenvalue weighted by Gasteiger charge is -2.06. The van der Waals surface area contributed by atoms with Gasteiger partial charge in [0, 0.05) is 31.2 Å². The molecule has 0 radical (unpaired) electrons. The summed E-state index contributed by atoms with van der Waals surface area (Å²) >= 11 is 6.20. The lowest BCUT2D eigenvalue weighted by atomic mass is 10.1. The van der Waals surface area contributed by atoms with Crippen molar-refractivity contribution in [2.75, 3.05) is 0 Å². The Kier molecular flexibility index (Phi) is 2.79. The Balaban J connectivity index is 2.07. The van der Waals surface area contributed by atoms with E-state index >= 15 is 0 Å². The van der Waals surface area contributed by atoms with Crippen molar-refractivity contribution in [2.24, 2.45) is 0 Å². The highest BCUT2D eigenvalue weighted by Crippen LogP contribution is 2.22. The minimum Gasteiger partial charge on any atom is -0.349 e. The van der Waals surface area contributed by atoms with Crippen molar-refractivity contribution in [3.05, 3.63) is 48.3 Å². The van der Waals surface area contributed by atoms with Crippen LogP contribution < -0.4 is 0 Å². The van der Waals surface area contributed by atoms with Crippen molar-refractivity contribution >= 4 is 11.6 Å². The second-order valence-corrected chi connectivity index (χ2v) is 3.52. The fraction of sp³-hybridized carbons (Fsp3) is 0.200. The van der Waals surface area contributed by atoms with Crippen LogP contribution in [0.25, 0.3) is 0 Å². The molecule has 0 saturated heterocycles. The van der Waals surface area contributed by atoms with Gasteiger partial charge in [-0.1, -0.05) is 6.07 Å². The van der Waals surface area contributed by atoms with Crippen LogP contribution in [0.2, 0.25) is 0 Å². The fourth-order valence-corrected chi connectivity index (χ4v) is 1.53. The number of aromatic nitrogens is 3. The van der Waals surface area contributed by atoms with Crippen molar-refractivity contribution in [3.63, 3.8) is 0 Å². The van der Waals surface area contributed by atoms with E-state index in [1.54, 1.807) is 24.8 Å². The van der Waals surface area contributed by atoms with Gasteiger partial charge < -0.3 is 4.98 Å². The van der Waals surface area contributed by atoms with Crippen molar-refractivity contribution in [3.8, 4) is 0 Å². The molecule has 2 aromatic heterocycles. The Hall–Kier alpha value is -1.35. The molecule has 2 rings (SSSR count). The van der Waals surface area contributed by atoms with Gasteiger partial charge in [0.15, 0.2) is 0 Å². The Morgan fingerprint density at radius 2 is 2.36 bits per heavy atom. The number of alkyl halides is 1. The smallest absolute Gasteiger partial charge is 0.107 e. The first-order valence-electron chi connectivity index (χ1n) is 4.38. The van der Waals surface area contributed by atoms with E-state index in [1.165, 1.54) is 0 Å². The standard InChI is InChI=1S/C10H10ClN3/c11-9(6-10-13-4-5-14-10)8-2-1-3-12-7-8/h1-5,7,9H,6H2,(H,13,14). The van der Waals surface area contributed by atoms with Gasteiger partial charge in [-0.3, -0.25) is 4.98 Å². The van der Waals surface area contributed by atoms with Gasteiger partial charge in [0.05, 0.1) is 5.38 Å². The van der Waals surface area contributed by atoms with Gasteiger partial charge in [0.1, 0.15) is 5.82 Å². The maximum atomic E-state index is 6.20. The lowest BCUT2D eigenvalue weighted by molar-refractivity contribution is 0.850. The van der Waals surface area contributed by atoms with E-state index in [1.807, 2.05) is 12.1 Å². The molecule has 72 valence electrons. The molecule has 1 unspecified atom stereocenters.